The van der Waals surface area contributed by atoms with Gasteiger partial charge in [0.1, 0.15) is 11.4 Å². The number of hydrogen-bond donors (Lipinski definition) is 0. The van der Waals surface area contributed by atoms with Gasteiger partial charge >= 0.3 is 0 Å². The molecule has 2 aromatic heterocycles. The second-order valence-electron chi connectivity index (χ2n) is 12.0. The summed E-state index contributed by atoms with van der Waals surface area (Å²) in [5.41, 5.74) is 7.57. The molecule has 4 aromatic rings. The van der Waals surface area contributed by atoms with Crippen LogP contribution in [0.25, 0.3) is 16.8 Å². The molecule has 0 amide bonds. The minimum Gasteiger partial charge on any atom is -0.369 e. The van der Waals surface area contributed by atoms with Crippen LogP contribution in [0.3, 0.4) is 0 Å². The molecule has 2 aliphatic heterocycles. The van der Waals surface area contributed by atoms with Crippen molar-refractivity contribution in [2.24, 2.45) is 12.0 Å². The zero-order chi connectivity index (χ0) is 28.7. The first-order valence-electron chi connectivity index (χ1n) is 15.3. The summed E-state index contributed by atoms with van der Waals surface area (Å²) in [6, 6.07) is 15.7. The fraction of sp³-hybridized carbons (Fsp3) is 0.455. The smallest absolute Gasteiger partial charge is 0.165 e. The number of fused-ring (bicyclic) bond motifs is 4. The van der Waals surface area contributed by atoms with Crippen LogP contribution >= 0.6 is 11.6 Å². The summed E-state index contributed by atoms with van der Waals surface area (Å²) in [6.45, 7) is 7.60. The number of halogens is 1. The molecule has 1 spiro atoms. The molecule has 0 bridgehead atoms. The number of piperazine rings is 1. The van der Waals surface area contributed by atoms with E-state index < -0.39 is 0 Å². The van der Waals surface area contributed by atoms with Crippen molar-refractivity contribution in [2.45, 2.75) is 51.0 Å². The molecule has 0 radical (unpaired) electrons. The van der Waals surface area contributed by atoms with Crippen LogP contribution in [0.1, 0.15) is 61.3 Å². The molecule has 42 heavy (non-hydrogen) atoms. The topological polar surface area (TPSA) is 67.4 Å². The highest BCUT2D eigenvalue weighted by molar-refractivity contribution is 6.17. The summed E-state index contributed by atoms with van der Waals surface area (Å²) >= 11 is 5.82. The highest BCUT2D eigenvalue weighted by Gasteiger charge is 2.51. The third kappa shape index (κ3) is 5.15. The third-order valence-corrected chi connectivity index (χ3v) is 9.32. The number of anilines is 1. The Hall–Kier alpha value is -3.49. The molecular formula is C33H39ClN8. The van der Waals surface area contributed by atoms with E-state index in [0.29, 0.717) is 0 Å². The Kier molecular flexibility index (Phi) is 7.36. The molecule has 2 fully saturated rings. The molecule has 0 N–H and O–H groups in total. The predicted molar refractivity (Wildman–Crippen MR) is 169 cm³/mol. The first-order valence-corrected chi connectivity index (χ1v) is 15.9. The lowest BCUT2D eigenvalue weighted by molar-refractivity contribution is 0.252. The number of aromatic nitrogens is 5. The highest BCUT2D eigenvalue weighted by atomic mass is 35.5. The molecule has 7 rings (SSSR count). The maximum atomic E-state index is 5.82. The van der Waals surface area contributed by atoms with Gasteiger partial charge in [-0.2, -0.15) is 5.10 Å². The number of alkyl halides is 1. The zero-order valence-electron chi connectivity index (χ0n) is 24.6. The number of aryl methyl sites for hydroxylation is 2. The third-order valence-electron chi connectivity index (χ3n) is 9.06. The van der Waals surface area contributed by atoms with Gasteiger partial charge in [0, 0.05) is 67.7 Å². The Morgan fingerprint density at radius 2 is 1.62 bits per heavy atom. The van der Waals surface area contributed by atoms with Gasteiger partial charge in [-0.1, -0.05) is 31.0 Å². The van der Waals surface area contributed by atoms with Gasteiger partial charge in [0.25, 0.3) is 0 Å². The van der Waals surface area contributed by atoms with Crippen LogP contribution in [0.5, 0.6) is 0 Å². The average molecular weight is 583 g/mol. The maximum Gasteiger partial charge on any atom is 0.165 e. The second kappa shape index (κ2) is 11.3. The van der Waals surface area contributed by atoms with Crippen LogP contribution in [0, 0.1) is 6.92 Å². The van der Waals surface area contributed by atoms with Gasteiger partial charge in [-0.25, -0.2) is 0 Å². The molecule has 1 saturated carbocycles. The normalized spacial score (nSPS) is 17.6. The van der Waals surface area contributed by atoms with Gasteiger partial charge in [-0.15, -0.1) is 21.8 Å². The fourth-order valence-corrected chi connectivity index (χ4v) is 6.65. The molecule has 4 heterocycles. The standard InChI is InChI=1S/C33H39ClN8/c1-24-37-38-32-33(13-14-33)36-31(29-21-26(9-12-30(29)42(24)32)27-22-35-39(2)23-27)25-7-10-28(11-8-25)41-19-17-40(18-20-41)16-6-4-3-5-15-34/h7-12,21-23H,3-6,13-20H2,1-2H3. The quantitative estimate of drug-likeness (QED) is 0.186. The number of unbranched alkanes of at least 4 members (excludes halogenated alkanes) is 3. The molecule has 0 atom stereocenters. The van der Waals surface area contributed by atoms with Gasteiger partial charge in [-0.3, -0.25) is 19.1 Å². The molecule has 1 saturated heterocycles. The molecular weight excluding hydrogens is 544 g/mol. The number of aliphatic imine (C=N–C) groups is 1. The number of nitrogens with zero attached hydrogens (tertiary/aromatic N) is 8. The van der Waals surface area contributed by atoms with Crippen LogP contribution < -0.4 is 4.90 Å². The van der Waals surface area contributed by atoms with E-state index in [9.17, 15) is 0 Å². The molecule has 3 aliphatic rings. The first kappa shape index (κ1) is 27.3. The fourth-order valence-electron chi connectivity index (χ4n) is 6.46. The SMILES string of the molecule is Cc1nnc2n1-c1ccc(-c3cnn(C)c3)cc1C(c1ccc(N3CCN(CCCCCCCl)CC3)cc1)=NC21CC1. The van der Waals surface area contributed by atoms with Crippen LogP contribution in [0.2, 0.25) is 0 Å². The van der Waals surface area contributed by atoms with Crippen molar-refractivity contribution in [3.8, 4) is 16.8 Å². The largest absolute Gasteiger partial charge is 0.369 e. The molecule has 218 valence electrons. The predicted octanol–water partition coefficient (Wildman–Crippen LogP) is 5.74. The van der Waals surface area contributed by atoms with E-state index in [1.54, 1.807) is 0 Å². The molecule has 9 heteroatoms. The highest BCUT2D eigenvalue weighted by Crippen LogP contribution is 2.51. The lowest BCUT2D eigenvalue weighted by Gasteiger charge is -2.36. The van der Waals surface area contributed by atoms with Gasteiger partial charge in [-0.05, 0) is 69.0 Å². The number of rotatable bonds is 9. The van der Waals surface area contributed by atoms with Crippen molar-refractivity contribution in [3.05, 3.63) is 77.6 Å². The maximum absolute atomic E-state index is 5.82. The number of benzene rings is 2. The molecule has 1 aliphatic carbocycles. The van der Waals surface area contributed by atoms with Crippen molar-refractivity contribution in [1.29, 1.82) is 0 Å². The number of hydrogen-bond acceptors (Lipinski definition) is 6. The zero-order valence-corrected chi connectivity index (χ0v) is 25.4. The lowest BCUT2D eigenvalue weighted by atomic mass is 9.96. The van der Waals surface area contributed by atoms with Gasteiger partial charge in [0.05, 0.1) is 17.6 Å². The Morgan fingerprint density at radius 1 is 0.857 bits per heavy atom. The van der Waals surface area contributed by atoms with E-state index >= 15 is 0 Å². The second-order valence-corrected chi connectivity index (χ2v) is 12.4. The lowest BCUT2D eigenvalue weighted by Crippen LogP contribution is -2.46. The molecule has 8 nitrogen and oxygen atoms in total. The van der Waals surface area contributed by atoms with Gasteiger partial charge in [0.15, 0.2) is 5.82 Å². The first-order chi connectivity index (χ1) is 20.5. The Labute approximate surface area is 253 Å². The molecule has 0 unspecified atom stereocenters. The van der Waals surface area contributed by atoms with Crippen LogP contribution in [0.4, 0.5) is 5.69 Å². The summed E-state index contributed by atoms with van der Waals surface area (Å²) in [7, 11) is 1.95. The Balaban J connectivity index is 1.16. The monoisotopic (exact) mass is 582 g/mol. The minimum atomic E-state index is -0.303. The van der Waals surface area contributed by atoms with Crippen molar-refractivity contribution in [1.82, 2.24) is 29.4 Å². The minimum absolute atomic E-state index is 0.303. The summed E-state index contributed by atoms with van der Waals surface area (Å²) in [4.78, 5) is 10.6. The summed E-state index contributed by atoms with van der Waals surface area (Å²) in [5, 5.41) is 13.5. The van der Waals surface area contributed by atoms with Gasteiger partial charge in [0.2, 0.25) is 0 Å². The van der Waals surface area contributed by atoms with E-state index in [-0.39, 0.29) is 5.54 Å². The van der Waals surface area contributed by atoms with E-state index in [1.807, 2.05) is 24.9 Å². The van der Waals surface area contributed by atoms with Gasteiger partial charge < -0.3 is 4.90 Å². The summed E-state index contributed by atoms with van der Waals surface area (Å²) < 4.78 is 4.07. The molecule has 2 aromatic carbocycles. The Bertz CT molecular complexity index is 1590. The van der Waals surface area contributed by atoms with Crippen molar-refractivity contribution in [2.75, 3.05) is 43.5 Å². The van der Waals surface area contributed by atoms with Crippen LogP contribution in [-0.4, -0.2) is 73.8 Å². The van der Waals surface area contributed by atoms with E-state index in [0.717, 1.165) is 96.6 Å². The van der Waals surface area contributed by atoms with Crippen molar-refractivity contribution >= 4 is 23.0 Å². The summed E-state index contributed by atoms with van der Waals surface area (Å²) in [6.07, 6.45) is 10.9. The van der Waals surface area contributed by atoms with E-state index in [4.69, 9.17) is 16.6 Å². The average Bonchev–Trinajstić information content (AvgIpc) is 3.53. The van der Waals surface area contributed by atoms with Crippen LogP contribution in [-0.2, 0) is 12.6 Å². The van der Waals surface area contributed by atoms with E-state index in [2.05, 4.69) is 78.3 Å². The van der Waals surface area contributed by atoms with E-state index in [1.165, 1.54) is 31.5 Å². The van der Waals surface area contributed by atoms with Crippen LogP contribution in [0.15, 0.2) is 59.9 Å². The van der Waals surface area contributed by atoms with Crippen molar-refractivity contribution in [3.63, 3.8) is 0 Å². The summed E-state index contributed by atoms with van der Waals surface area (Å²) in [5.74, 6) is 2.64. The Morgan fingerprint density at radius 3 is 2.33 bits per heavy atom. The van der Waals surface area contributed by atoms with Crippen molar-refractivity contribution < 1.29 is 0 Å².